The summed E-state index contributed by atoms with van der Waals surface area (Å²) in [6.07, 6.45) is 3.65. The van der Waals surface area contributed by atoms with Crippen molar-refractivity contribution in [3.05, 3.63) is 41.7 Å². The molecule has 0 aliphatic heterocycles. The average Bonchev–Trinajstić information content (AvgIpc) is 2.18. The van der Waals surface area contributed by atoms with Crippen molar-refractivity contribution in [2.24, 2.45) is 5.73 Å². The van der Waals surface area contributed by atoms with Crippen LogP contribution in [0.1, 0.15) is 5.56 Å². The highest BCUT2D eigenvalue weighted by Gasteiger charge is 1.98. The molecule has 1 aromatic rings. The zero-order valence-electron chi connectivity index (χ0n) is 8.16. The van der Waals surface area contributed by atoms with Crippen LogP contribution in [0.15, 0.2) is 30.4 Å². The first kappa shape index (κ1) is 10.7. The van der Waals surface area contributed by atoms with E-state index in [-0.39, 0.29) is 5.82 Å². The first-order valence-corrected chi connectivity index (χ1v) is 4.48. The van der Waals surface area contributed by atoms with Crippen LogP contribution in [-0.2, 0) is 0 Å². The Morgan fingerprint density at radius 2 is 2.21 bits per heavy atom. The van der Waals surface area contributed by atoms with E-state index in [1.165, 1.54) is 6.07 Å². The Morgan fingerprint density at radius 3 is 2.86 bits per heavy atom. The molecular formula is C11H14FNO. The van der Waals surface area contributed by atoms with Crippen molar-refractivity contribution in [3.63, 3.8) is 0 Å². The summed E-state index contributed by atoms with van der Waals surface area (Å²) < 4.78 is 18.2. The van der Waals surface area contributed by atoms with E-state index in [4.69, 9.17) is 10.5 Å². The second-order valence-corrected chi connectivity index (χ2v) is 2.93. The fourth-order valence-corrected chi connectivity index (χ4v) is 1.02. The molecule has 0 heterocycles. The van der Waals surface area contributed by atoms with E-state index < -0.39 is 0 Å². The highest BCUT2D eigenvalue weighted by Crippen LogP contribution is 2.15. The van der Waals surface area contributed by atoms with E-state index >= 15 is 0 Å². The van der Waals surface area contributed by atoms with Gasteiger partial charge in [0, 0.05) is 6.54 Å². The standard InChI is InChI=1S/C11H14FNO/c1-9-8-10(4-5-11(9)12)14-7-3-2-6-13/h2-5,8H,6-7,13H2,1H3/b3-2+. The predicted molar refractivity (Wildman–Crippen MR) is 54.8 cm³/mol. The lowest BCUT2D eigenvalue weighted by atomic mass is 10.2. The Morgan fingerprint density at radius 1 is 1.43 bits per heavy atom. The van der Waals surface area contributed by atoms with Crippen LogP contribution in [-0.4, -0.2) is 13.2 Å². The summed E-state index contributed by atoms with van der Waals surface area (Å²) in [6, 6.07) is 4.68. The minimum Gasteiger partial charge on any atom is -0.490 e. The number of halogens is 1. The van der Waals surface area contributed by atoms with Crippen molar-refractivity contribution >= 4 is 0 Å². The zero-order chi connectivity index (χ0) is 10.4. The number of benzene rings is 1. The maximum atomic E-state index is 12.9. The topological polar surface area (TPSA) is 35.2 Å². The predicted octanol–water partition coefficient (Wildman–Crippen LogP) is 2.03. The summed E-state index contributed by atoms with van der Waals surface area (Å²) in [6.45, 7) is 2.67. The van der Waals surface area contributed by atoms with E-state index in [1.807, 2.05) is 12.2 Å². The molecule has 2 N–H and O–H groups in total. The summed E-state index contributed by atoms with van der Waals surface area (Å²) >= 11 is 0. The van der Waals surface area contributed by atoms with E-state index in [9.17, 15) is 4.39 Å². The average molecular weight is 195 g/mol. The van der Waals surface area contributed by atoms with Crippen LogP contribution in [0.2, 0.25) is 0 Å². The first-order chi connectivity index (χ1) is 6.74. The number of rotatable bonds is 4. The Hall–Kier alpha value is -1.35. The third-order valence-corrected chi connectivity index (χ3v) is 1.78. The summed E-state index contributed by atoms with van der Waals surface area (Å²) in [4.78, 5) is 0. The largest absolute Gasteiger partial charge is 0.490 e. The van der Waals surface area contributed by atoms with Gasteiger partial charge >= 0.3 is 0 Å². The second kappa shape index (κ2) is 5.40. The van der Waals surface area contributed by atoms with Crippen molar-refractivity contribution < 1.29 is 9.13 Å². The molecule has 0 amide bonds. The van der Waals surface area contributed by atoms with Gasteiger partial charge in [-0.15, -0.1) is 0 Å². The molecule has 0 atom stereocenters. The van der Waals surface area contributed by atoms with Crippen LogP contribution < -0.4 is 10.5 Å². The van der Waals surface area contributed by atoms with Gasteiger partial charge in [-0.2, -0.15) is 0 Å². The molecule has 0 saturated heterocycles. The first-order valence-electron chi connectivity index (χ1n) is 4.48. The molecule has 0 saturated carbocycles. The van der Waals surface area contributed by atoms with Crippen LogP contribution in [0.3, 0.4) is 0 Å². The molecule has 0 spiro atoms. The summed E-state index contributed by atoms with van der Waals surface area (Å²) in [5.74, 6) is 0.459. The SMILES string of the molecule is Cc1cc(OC/C=C/CN)ccc1F. The Bertz CT molecular complexity index is 323. The molecule has 1 rings (SSSR count). The van der Waals surface area contributed by atoms with Gasteiger partial charge in [0.05, 0.1) is 0 Å². The fourth-order valence-electron chi connectivity index (χ4n) is 1.02. The monoisotopic (exact) mass is 195 g/mol. The van der Waals surface area contributed by atoms with Gasteiger partial charge in [-0.05, 0) is 30.7 Å². The molecule has 3 heteroatoms. The molecule has 0 aliphatic rings. The smallest absolute Gasteiger partial charge is 0.126 e. The molecule has 0 fully saturated rings. The molecule has 0 unspecified atom stereocenters. The van der Waals surface area contributed by atoms with Gasteiger partial charge in [0.1, 0.15) is 18.2 Å². The van der Waals surface area contributed by atoms with E-state index in [0.29, 0.717) is 24.5 Å². The van der Waals surface area contributed by atoms with Gasteiger partial charge in [0.2, 0.25) is 0 Å². The molecule has 0 aliphatic carbocycles. The Kier molecular flexibility index (Phi) is 4.13. The number of hydrogen-bond donors (Lipinski definition) is 1. The third kappa shape index (κ3) is 3.18. The molecule has 0 bridgehead atoms. The van der Waals surface area contributed by atoms with Crippen LogP contribution in [0.5, 0.6) is 5.75 Å². The van der Waals surface area contributed by atoms with Crippen LogP contribution in [0.4, 0.5) is 4.39 Å². The maximum absolute atomic E-state index is 12.9. The lowest BCUT2D eigenvalue weighted by Gasteiger charge is -2.04. The molecule has 76 valence electrons. The van der Waals surface area contributed by atoms with E-state index in [0.717, 1.165) is 0 Å². The summed E-state index contributed by atoms with van der Waals surface area (Å²) in [5.41, 5.74) is 5.85. The van der Waals surface area contributed by atoms with Gasteiger partial charge in [-0.3, -0.25) is 0 Å². The van der Waals surface area contributed by atoms with Crippen molar-refractivity contribution in [1.82, 2.24) is 0 Å². The normalized spacial score (nSPS) is 10.8. The van der Waals surface area contributed by atoms with Gasteiger partial charge in [0.15, 0.2) is 0 Å². The highest BCUT2D eigenvalue weighted by atomic mass is 19.1. The number of nitrogens with two attached hydrogens (primary N) is 1. The van der Waals surface area contributed by atoms with Crippen molar-refractivity contribution in [2.45, 2.75) is 6.92 Å². The minimum absolute atomic E-state index is 0.213. The van der Waals surface area contributed by atoms with E-state index in [1.54, 1.807) is 19.1 Å². The van der Waals surface area contributed by atoms with Gasteiger partial charge in [-0.25, -0.2) is 4.39 Å². The lowest BCUT2D eigenvalue weighted by Crippen LogP contribution is -1.97. The van der Waals surface area contributed by atoms with Gasteiger partial charge in [-0.1, -0.05) is 12.2 Å². The van der Waals surface area contributed by atoms with Crippen molar-refractivity contribution in [3.8, 4) is 5.75 Å². The Balaban J connectivity index is 2.51. The molecule has 2 nitrogen and oxygen atoms in total. The summed E-state index contributed by atoms with van der Waals surface area (Å²) in [5, 5.41) is 0. The van der Waals surface area contributed by atoms with Gasteiger partial charge < -0.3 is 10.5 Å². The van der Waals surface area contributed by atoms with Gasteiger partial charge in [0.25, 0.3) is 0 Å². The van der Waals surface area contributed by atoms with Crippen LogP contribution in [0.25, 0.3) is 0 Å². The highest BCUT2D eigenvalue weighted by molar-refractivity contribution is 5.28. The number of aryl methyl sites for hydroxylation is 1. The molecule has 0 radical (unpaired) electrons. The van der Waals surface area contributed by atoms with E-state index in [2.05, 4.69) is 0 Å². The molecular weight excluding hydrogens is 181 g/mol. The molecule has 0 aromatic heterocycles. The quantitative estimate of drug-likeness (QED) is 0.746. The third-order valence-electron chi connectivity index (χ3n) is 1.78. The fraction of sp³-hybridized carbons (Fsp3) is 0.273. The zero-order valence-corrected chi connectivity index (χ0v) is 8.16. The van der Waals surface area contributed by atoms with Crippen molar-refractivity contribution in [1.29, 1.82) is 0 Å². The van der Waals surface area contributed by atoms with Crippen molar-refractivity contribution in [2.75, 3.05) is 13.2 Å². The Labute approximate surface area is 83.2 Å². The number of hydrogen-bond acceptors (Lipinski definition) is 2. The van der Waals surface area contributed by atoms with Crippen LogP contribution >= 0.6 is 0 Å². The number of ether oxygens (including phenoxy) is 1. The minimum atomic E-state index is -0.213. The second-order valence-electron chi connectivity index (χ2n) is 2.93. The maximum Gasteiger partial charge on any atom is 0.126 e. The summed E-state index contributed by atoms with van der Waals surface area (Å²) in [7, 11) is 0. The lowest BCUT2D eigenvalue weighted by molar-refractivity contribution is 0.361. The molecule has 1 aromatic carbocycles. The van der Waals surface area contributed by atoms with Crippen LogP contribution in [0, 0.1) is 12.7 Å². The molecule has 14 heavy (non-hydrogen) atoms.